The van der Waals surface area contributed by atoms with Crippen LogP contribution < -0.4 is 4.74 Å². The van der Waals surface area contributed by atoms with E-state index in [1.807, 2.05) is 39.0 Å². The van der Waals surface area contributed by atoms with Gasteiger partial charge in [-0.2, -0.15) is 4.40 Å². The first-order valence-corrected chi connectivity index (χ1v) is 7.70. The van der Waals surface area contributed by atoms with Crippen molar-refractivity contribution in [3.8, 4) is 5.75 Å². The van der Waals surface area contributed by atoms with Gasteiger partial charge in [0.25, 0.3) is 0 Å². The predicted octanol–water partition coefficient (Wildman–Crippen LogP) is 3.48. The number of fused-ring (bicyclic) bond motifs is 1. The molecule has 1 heterocycles. The molecule has 1 aromatic carbocycles. The van der Waals surface area contributed by atoms with Gasteiger partial charge in [-0.05, 0) is 39.0 Å². The van der Waals surface area contributed by atoms with Gasteiger partial charge >= 0.3 is 0 Å². The lowest BCUT2D eigenvalue weighted by atomic mass is 10.0. The molecule has 0 aromatic heterocycles. The van der Waals surface area contributed by atoms with Gasteiger partial charge in [0.05, 0.1) is 17.1 Å². The van der Waals surface area contributed by atoms with Gasteiger partial charge in [-0.1, -0.05) is 15.9 Å². The zero-order valence-corrected chi connectivity index (χ0v) is 13.1. The lowest BCUT2D eigenvalue weighted by Crippen LogP contribution is -2.23. The normalized spacial score (nSPS) is 19.2. The van der Waals surface area contributed by atoms with Crippen LogP contribution in [0.3, 0.4) is 0 Å². The Hall–Kier alpha value is -0.680. The largest absolute Gasteiger partial charge is 0.492 e. The average Bonchev–Trinajstić information content (AvgIpc) is 2.28. The maximum atomic E-state index is 12.1. The van der Waals surface area contributed by atoms with Gasteiger partial charge in [0.2, 0.25) is 0 Å². The van der Waals surface area contributed by atoms with E-state index in [2.05, 4.69) is 20.3 Å². The van der Waals surface area contributed by atoms with Crippen LogP contribution >= 0.6 is 15.9 Å². The summed E-state index contributed by atoms with van der Waals surface area (Å²) in [5.41, 5.74) is 1.80. The Balaban J connectivity index is 2.41. The zero-order valence-electron chi connectivity index (χ0n) is 10.7. The third-order valence-corrected chi connectivity index (χ3v) is 4.49. The van der Waals surface area contributed by atoms with Crippen LogP contribution in [-0.4, -0.2) is 21.3 Å². The summed E-state index contributed by atoms with van der Waals surface area (Å²) in [5.74, 6) is 0.814. The Kier molecular flexibility index (Phi) is 3.92. The summed E-state index contributed by atoms with van der Waals surface area (Å²) in [6.45, 7) is 6.37. The zero-order chi connectivity index (χ0) is 13.3. The summed E-state index contributed by atoms with van der Waals surface area (Å²) in [6, 6.07) is 5.81. The van der Waals surface area contributed by atoms with Gasteiger partial charge in [0.15, 0.2) is 0 Å². The molecule has 0 aliphatic carbocycles. The standard InChI is InChI=1S/C13H16BrNO2S/c1-13(2,3)18(16)15-11-6-7-17-12-5-4-9(14)8-10(11)12/h4-5,8H,6-7H2,1-3H3/b15-11+/t18-/m1/s1. The first-order chi connectivity index (χ1) is 8.38. The fourth-order valence-electron chi connectivity index (χ4n) is 1.58. The summed E-state index contributed by atoms with van der Waals surface area (Å²) in [7, 11) is -1.23. The van der Waals surface area contributed by atoms with Gasteiger partial charge in [0, 0.05) is 16.5 Å². The van der Waals surface area contributed by atoms with E-state index < -0.39 is 11.0 Å². The molecule has 98 valence electrons. The van der Waals surface area contributed by atoms with E-state index in [4.69, 9.17) is 4.74 Å². The van der Waals surface area contributed by atoms with Crippen LogP contribution in [0.2, 0.25) is 0 Å². The van der Waals surface area contributed by atoms with Crippen LogP contribution in [0.25, 0.3) is 0 Å². The molecule has 0 fully saturated rings. The molecule has 1 aliphatic heterocycles. The molecule has 0 unspecified atom stereocenters. The van der Waals surface area contributed by atoms with Crippen LogP contribution in [0.15, 0.2) is 27.1 Å². The molecule has 0 saturated carbocycles. The highest BCUT2D eigenvalue weighted by atomic mass is 79.9. The maximum absolute atomic E-state index is 12.1. The summed E-state index contributed by atoms with van der Waals surface area (Å²) in [5, 5.41) is 0. The molecule has 0 radical (unpaired) electrons. The second-order valence-electron chi connectivity index (χ2n) is 5.14. The van der Waals surface area contributed by atoms with Crippen LogP contribution in [-0.2, 0) is 11.0 Å². The van der Waals surface area contributed by atoms with Gasteiger partial charge in [-0.25, -0.2) is 4.21 Å². The molecule has 0 spiro atoms. The number of hydrogen-bond donors (Lipinski definition) is 0. The average molecular weight is 330 g/mol. The number of halogens is 1. The number of nitrogens with zero attached hydrogens (tertiary/aromatic N) is 1. The molecule has 0 saturated heterocycles. The number of ether oxygens (including phenoxy) is 1. The molecule has 3 nitrogen and oxygen atoms in total. The second kappa shape index (κ2) is 5.13. The van der Waals surface area contributed by atoms with Crippen LogP contribution in [0.1, 0.15) is 32.8 Å². The molecule has 0 bridgehead atoms. The van der Waals surface area contributed by atoms with E-state index >= 15 is 0 Å². The quantitative estimate of drug-likeness (QED) is 0.791. The summed E-state index contributed by atoms with van der Waals surface area (Å²) < 4.78 is 22.7. The Labute approximate surface area is 118 Å². The Morgan fingerprint density at radius 3 is 2.78 bits per heavy atom. The molecule has 18 heavy (non-hydrogen) atoms. The molecule has 1 aliphatic rings. The Morgan fingerprint density at radius 1 is 1.39 bits per heavy atom. The highest BCUT2D eigenvalue weighted by Crippen LogP contribution is 2.29. The van der Waals surface area contributed by atoms with Crippen molar-refractivity contribution in [1.29, 1.82) is 0 Å². The van der Waals surface area contributed by atoms with Crippen molar-refractivity contribution in [3.63, 3.8) is 0 Å². The van der Waals surface area contributed by atoms with Gasteiger partial charge < -0.3 is 4.74 Å². The minimum atomic E-state index is -1.23. The SMILES string of the molecule is CC(C)(C)[S@@](=O)/N=C1\CCOc2ccc(Br)cc21. The lowest BCUT2D eigenvalue weighted by molar-refractivity contribution is 0.320. The van der Waals surface area contributed by atoms with Crippen molar-refractivity contribution in [2.45, 2.75) is 31.9 Å². The molecule has 1 aromatic rings. The molecule has 1 atom stereocenters. The second-order valence-corrected chi connectivity index (χ2v) is 7.96. The van der Waals surface area contributed by atoms with Crippen molar-refractivity contribution in [1.82, 2.24) is 0 Å². The molecule has 2 rings (SSSR count). The van der Waals surface area contributed by atoms with Crippen molar-refractivity contribution in [2.75, 3.05) is 6.61 Å². The highest BCUT2D eigenvalue weighted by molar-refractivity contribution is 9.10. The fourth-order valence-corrected chi connectivity index (χ4v) is 2.60. The molecule has 0 N–H and O–H groups in total. The van der Waals surface area contributed by atoms with Crippen molar-refractivity contribution in [3.05, 3.63) is 28.2 Å². The number of benzene rings is 1. The van der Waals surface area contributed by atoms with E-state index in [0.29, 0.717) is 13.0 Å². The van der Waals surface area contributed by atoms with E-state index in [-0.39, 0.29) is 4.75 Å². The van der Waals surface area contributed by atoms with Gasteiger partial charge in [-0.3, -0.25) is 0 Å². The molecule has 0 amide bonds. The Bertz CT molecular complexity index is 520. The molecule has 5 heteroatoms. The summed E-state index contributed by atoms with van der Waals surface area (Å²) in [6.07, 6.45) is 0.700. The van der Waals surface area contributed by atoms with E-state index in [1.54, 1.807) is 0 Å². The third-order valence-electron chi connectivity index (χ3n) is 2.57. The number of hydrogen-bond acceptors (Lipinski definition) is 2. The summed E-state index contributed by atoms with van der Waals surface area (Å²) in [4.78, 5) is 0. The van der Waals surface area contributed by atoms with Crippen molar-refractivity contribution >= 4 is 32.6 Å². The fraction of sp³-hybridized carbons (Fsp3) is 0.462. The third kappa shape index (κ3) is 3.01. The number of rotatable bonds is 1. The van der Waals surface area contributed by atoms with E-state index in [0.717, 1.165) is 21.5 Å². The van der Waals surface area contributed by atoms with Gasteiger partial charge in [-0.15, -0.1) is 0 Å². The lowest BCUT2D eigenvalue weighted by Gasteiger charge is -2.21. The van der Waals surface area contributed by atoms with Gasteiger partial charge in [0.1, 0.15) is 16.7 Å². The monoisotopic (exact) mass is 329 g/mol. The van der Waals surface area contributed by atoms with Crippen LogP contribution in [0, 0.1) is 0 Å². The minimum absolute atomic E-state index is 0.336. The topological polar surface area (TPSA) is 38.7 Å². The highest BCUT2D eigenvalue weighted by Gasteiger charge is 2.23. The Morgan fingerprint density at radius 2 is 2.11 bits per heavy atom. The smallest absolute Gasteiger partial charge is 0.145 e. The van der Waals surface area contributed by atoms with E-state index in [9.17, 15) is 4.21 Å². The maximum Gasteiger partial charge on any atom is 0.145 e. The molecular weight excluding hydrogens is 314 g/mol. The predicted molar refractivity (Wildman–Crippen MR) is 78.7 cm³/mol. The van der Waals surface area contributed by atoms with Crippen LogP contribution in [0.4, 0.5) is 0 Å². The summed E-state index contributed by atoms with van der Waals surface area (Å²) >= 11 is 3.44. The first kappa shape index (κ1) is 13.7. The van der Waals surface area contributed by atoms with Crippen molar-refractivity contribution < 1.29 is 8.95 Å². The first-order valence-electron chi connectivity index (χ1n) is 5.80. The molecular formula is C13H16BrNO2S. The minimum Gasteiger partial charge on any atom is -0.492 e. The van der Waals surface area contributed by atoms with Crippen molar-refractivity contribution in [2.24, 2.45) is 4.40 Å². The van der Waals surface area contributed by atoms with E-state index in [1.165, 1.54) is 0 Å². The van der Waals surface area contributed by atoms with Crippen LogP contribution in [0.5, 0.6) is 5.75 Å².